The molecular formula is C9H9BO4. The normalized spacial score (nSPS) is 8.86. The Labute approximate surface area is 82.0 Å². The van der Waals surface area contributed by atoms with Crippen LogP contribution in [0.3, 0.4) is 0 Å². The molecule has 0 radical (unpaired) electrons. The molecule has 0 aliphatic heterocycles. The molecule has 0 N–H and O–H groups in total. The van der Waals surface area contributed by atoms with Gasteiger partial charge in [-0.05, 0) is 5.56 Å². The maximum atomic E-state index is 10.1. The molecule has 0 spiro atoms. The topological polar surface area (TPSA) is 52.6 Å². The molecule has 0 fully saturated rings. The van der Waals surface area contributed by atoms with Crippen molar-refractivity contribution in [3.63, 3.8) is 0 Å². The third kappa shape index (κ3) is 3.31. The van der Waals surface area contributed by atoms with E-state index in [2.05, 4.69) is 9.31 Å². The third-order valence-electron chi connectivity index (χ3n) is 1.66. The summed E-state index contributed by atoms with van der Waals surface area (Å²) in [5, 5.41) is 0. The lowest BCUT2D eigenvalue weighted by Crippen LogP contribution is -2.25. The molecule has 14 heavy (non-hydrogen) atoms. The minimum atomic E-state index is -0.840. The van der Waals surface area contributed by atoms with Crippen molar-refractivity contribution in [3.05, 3.63) is 35.9 Å². The van der Waals surface area contributed by atoms with Crippen molar-refractivity contribution >= 4 is 20.1 Å². The summed E-state index contributed by atoms with van der Waals surface area (Å²) >= 11 is 0. The van der Waals surface area contributed by atoms with E-state index in [1.807, 2.05) is 30.3 Å². The van der Waals surface area contributed by atoms with Gasteiger partial charge in [-0.3, -0.25) is 9.59 Å². The summed E-state index contributed by atoms with van der Waals surface area (Å²) in [6.07, 6.45) is 0.359. The second-order valence-corrected chi connectivity index (χ2v) is 2.58. The molecule has 0 saturated carbocycles. The van der Waals surface area contributed by atoms with Gasteiger partial charge in [0.1, 0.15) is 0 Å². The van der Waals surface area contributed by atoms with E-state index in [1.165, 1.54) is 0 Å². The van der Waals surface area contributed by atoms with E-state index in [4.69, 9.17) is 0 Å². The van der Waals surface area contributed by atoms with Gasteiger partial charge in [0.05, 0.1) is 0 Å². The number of rotatable bonds is 6. The van der Waals surface area contributed by atoms with Gasteiger partial charge in [0.2, 0.25) is 0 Å². The highest BCUT2D eigenvalue weighted by molar-refractivity contribution is 6.47. The molecule has 0 aromatic heterocycles. The molecule has 1 aromatic rings. The molecule has 4 nitrogen and oxygen atoms in total. The lowest BCUT2D eigenvalue weighted by molar-refractivity contribution is -0.125. The molecule has 0 unspecified atom stereocenters. The van der Waals surface area contributed by atoms with Crippen molar-refractivity contribution in [1.82, 2.24) is 0 Å². The fourth-order valence-corrected chi connectivity index (χ4v) is 1.06. The standard InChI is InChI=1S/C9H9BO4/c11-7-13-10(14-8-12)6-9-4-2-1-3-5-9/h1-5,7-8H,6H2. The average Bonchev–Trinajstić information content (AvgIpc) is 2.20. The van der Waals surface area contributed by atoms with Crippen LogP contribution in [0.2, 0.25) is 0 Å². The summed E-state index contributed by atoms with van der Waals surface area (Å²) < 4.78 is 9.10. The van der Waals surface area contributed by atoms with Crippen molar-refractivity contribution in [2.24, 2.45) is 0 Å². The maximum absolute atomic E-state index is 10.1. The molecule has 1 rings (SSSR count). The Morgan fingerprint density at radius 1 is 1.07 bits per heavy atom. The van der Waals surface area contributed by atoms with Crippen LogP contribution in [0.1, 0.15) is 5.56 Å². The molecule has 1 aromatic carbocycles. The smallest absolute Gasteiger partial charge is 0.501 e. The second kappa shape index (κ2) is 5.80. The summed E-state index contributed by atoms with van der Waals surface area (Å²) in [4.78, 5) is 20.1. The van der Waals surface area contributed by atoms with E-state index in [0.717, 1.165) is 5.56 Å². The van der Waals surface area contributed by atoms with Crippen LogP contribution in [0.25, 0.3) is 0 Å². The highest BCUT2D eigenvalue weighted by atomic mass is 16.6. The second-order valence-electron chi connectivity index (χ2n) is 2.58. The van der Waals surface area contributed by atoms with E-state index in [9.17, 15) is 9.59 Å². The van der Waals surface area contributed by atoms with Crippen molar-refractivity contribution in [2.45, 2.75) is 6.32 Å². The van der Waals surface area contributed by atoms with Gasteiger partial charge in [-0.2, -0.15) is 0 Å². The first-order chi connectivity index (χ1) is 6.86. The first-order valence-corrected chi connectivity index (χ1v) is 4.09. The largest absolute Gasteiger partial charge is 0.602 e. The van der Waals surface area contributed by atoms with Crippen LogP contribution in [0, 0.1) is 0 Å². The molecule has 72 valence electrons. The van der Waals surface area contributed by atoms with Gasteiger partial charge in [0.25, 0.3) is 12.9 Å². The Kier molecular flexibility index (Phi) is 4.27. The number of hydrogen-bond acceptors (Lipinski definition) is 4. The zero-order chi connectivity index (χ0) is 10.2. The first-order valence-electron chi connectivity index (χ1n) is 4.09. The molecular weight excluding hydrogens is 183 g/mol. The molecule has 5 heteroatoms. The SMILES string of the molecule is O=COB(Cc1ccccc1)OC=O. The first kappa shape index (κ1) is 10.3. The van der Waals surface area contributed by atoms with Crippen LogP contribution in [0.15, 0.2) is 30.3 Å². The van der Waals surface area contributed by atoms with E-state index in [0.29, 0.717) is 6.32 Å². The summed E-state index contributed by atoms with van der Waals surface area (Å²) in [6.45, 7) is 0.522. The zero-order valence-corrected chi connectivity index (χ0v) is 7.46. The number of carbonyl (C=O) groups is 2. The lowest BCUT2D eigenvalue weighted by Gasteiger charge is -2.07. The van der Waals surface area contributed by atoms with Crippen LogP contribution in [0.4, 0.5) is 0 Å². The van der Waals surface area contributed by atoms with Crippen molar-refractivity contribution in [2.75, 3.05) is 0 Å². The summed E-state index contributed by atoms with van der Waals surface area (Å²) in [7, 11) is -0.840. The molecule has 0 aliphatic carbocycles. The van der Waals surface area contributed by atoms with Crippen LogP contribution in [-0.2, 0) is 25.2 Å². The molecule has 0 atom stereocenters. The van der Waals surface area contributed by atoms with Crippen molar-refractivity contribution in [1.29, 1.82) is 0 Å². The fourth-order valence-electron chi connectivity index (χ4n) is 1.06. The fraction of sp³-hybridized carbons (Fsp3) is 0.111. The Hall–Kier alpha value is -1.78. The van der Waals surface area contributed by atoms with E-state index < -0.39 is 7.12 Å². The predicted octanol–water partition coefficient (Wildman–Crippen LogP) is 0.602. The van der Waals surface area contributed by atoms with Gasteiger partial charge in [0.15, 0.2) is 0 Å². The van der Waals surface area contributed by atoms with E-state index in [-0.39, 0.29) is 12.9 Å². The Balaban J connectivity index is 2.54. The quantitative estimate of drug-likeness (QED) is 0.489. The number of benzene rings is 1. The van der Waals surface area contributed by atoms with Crippen LogP contribution in [0.5, 0.6) is 0 Å². The molecule has 0 saturated heterocycles. The van der Waals surface area contributed by atoms with Gasteiger partial charge >= 0.3 is 7.12 Å². The van der Waals surface area contributed by atoms with Crippen LogP contribution >= 0.6 is 0 Å². The van der Waals surface area contributed by atoms with Gasteiger partial charge in [-0.1, -0.05) is 30.3 Å². The monoisotopic (exact) mass is 192 g/mol. The van der Waals surface area contributed by atoms with Crippen molar-refractivity contribution < 1.29 is 18.9 Å². The zero-order valence-electron chi connectivity index (χ0n) is 7.46. The summed E-state index contributed by atoms with van der Waals surface area (Å²) in [5.74, 6) is 0. The van der Waals surface area contributed by atoms with Gasteiger partial charge in [-0.15, -0.1) is 0 Å². The van der Waals surface area contributed by atoms with Crippen LogP contribution in [-0.4, -0.2) is 20.1 Å². The van der Waals surface area contributed by atoms with Gasteiger partial charge in [0, 0.05) is 6.32 Å². The maximum Gasteiger partial charge on any atom is 0.602 e. The third-order valence-corrected chi connectivity index (χ3v) is 1.66. The Morgan fingerprint density at radius 2 is 1.64 bits per heavy atom. The number of carbonyl (C=O) groups excluding carboxylic acids is 2. The lowest BCUT2D eigenvalue weighted by atomic mass is 9.81. The summed E-state index contributed by atoms with van der Waals surface area (Å²) in [6, 6.07) is 9.30. The van der Waals surface area contributed by atoms with Crippen molar-refractivity contribution in [3.8, 4) is 0 Å². The molecule has 0 amide bonds. The highest BCUT2D eigenvalue weighted by Crippen LogP contribution is 2.02. The Bertz CT molecular complexity index is 278. The summed E-state index contributed by atoms with van der Waals surface area (Å²) in [5.41, 5.74) is 0.932. The van der Waals surface area contributed by atoms with Gasteiger partial charge in [-0.25, -0.2) is 0 Å². The van der Waals surface area contributed by atoms with E-state index in [1.54, 1.807) is 0 Å². The Morgan fingerprint density at radius 3 is 2.14 bits per heavy atom. The molecule has 0 bridgehead atoms. The van der Waals surface area contributed by atoms with Crippen LogP contribution < -0.4 is 0 Å². The predicted molar refractivity (Wildman–Crippen MR) is 50.2 cm³/mol. The number of hydrogen-bond donors (Lipinski definition) is 0. The van der Waals surface area contributed by atoms with Gasteiger partial charge < -0.3 is 9.31 Å². The molecule has 0 aliphatic rings. The highest BCUT2D eigenvalue weighted by Gasteiger charge is 2.21. The minimum absolute atomic E-state index is 0.261. The van der Waals surface area contributed by atoms with E-state index >= 15 is 0 Å². The molecule has 0 heterocycles. The minimum Gasteiger partial charge on any atom is -0.501 e. The average molecular weight is 192 g/mol.